The fourth-order valence-electron chi connectivity index (χ4n) is 3.20. The predicted molar refractivity (Wildman–Crippen MR) is 80.8 cm³/mol. The van der Waals surface area contributed by atoms with Gasteiger partial charge in [0.15, 0.2) is 0 Å². The molecule has 2 fully saturated rings. The van der Waals surface area contributed by atoms with Crippen LogP contribution in [-0.2, 0) is 16.0 Å². The van der Waals surface area contributed by atoms with Gasteiger partial charge in [-0.3, -0.25) is 14.7 Å². The van der Waals surface area contributed by atoms with Crippen molar-refractivity contribution < 1.29 is 14.2 Å². The molecule has 3 rings (SSSR count). The third-order valence-corrected chi connectivity index (χ3v) is 4.41. The average molecular weight is 302 g/mol. The standard InChI is InChI=1S/C14H19BN4O3/c16-10-22-15-6-4-14(5-7-15)12(20)19(13(21)18-14)9-11-3-1-2-8-17-11/h1-3,8H,4-7,9-10,16H2,(H,18,21). The van der Waals surface area contributed by atoms with E-state index < -0.39 is 5.54 Å². The predicted octanol–water partition coefficient (Wildman–Crippen LogP) is 0.590. The second-order valence-electron chi connectivity index (χ2n) is 5.76. The number of amides is 3. The first-order chi connectivity index (χ1) is 10.6. The number of hydrogen-bond acceptors (Lipinski definition) is 5. The summed E-state index contributed by atoms with van der Waals surface area (Å²) in [4.78, 5) is 30.3. The van der Waals surface area contributed by atoms with E-state index in [2.05, 4.69) is 10.3 Å². The second-order valence-corrected chi connectivity index (χ2v) is 5.76. The number of nitrogens with two attached hydrogens (primary N) is 1. The van der Waals surface area contributed by atoms with Crippen LogP contribution in [0.4, 0.5) is 4.79 Å². The summed E-state index contributed by atoms with van der Waals surface area (Å²) in [5.74, 6) is -0.158. The Bertz CT molecular complexity index is 560. The highest BCUT2D eigenvalue weighted by atomic mass is 16.4. The van der Waals surface area contributed by atoms with E-state index >= 15 is 0 Å². The first kappa shape index (κ1) is 15.0. The van der Waals surface area contributed by atoms with E-state index in [0.717, 1.165) is 12.6 Å². The number of aromatic nitrogens is 1. The Labute approximate surface area is 129 Å². The summed E-state index contributed by atoms with van der Waals surface area (Å²) in [6.45, 7) is 0.463. The molecule has 22 heavy (non-hydrogen) atoms. The minimum absolute atomic E-state index is 0.0742. The summed E-state index contributed by atoms with van der Waals surface area (Å²) in [6.07, 6.45) is 4.27. The highest BCUT2D eigenvalue weighted by Gasteiger charge is 2.53. The van der Waals surface area contributed by atoms with E-state index in [-0.39, 0.29) is 32.1 Å². The zero-order valence-electron chi connectivity index (χ0n) is 12.3. The first-order valence-corrected chi connectivity index (χ1v) is 7.50. The third-order valence-electron chi connectivity index (χ3n) is 4.41. The van der Waals surface area contributed by atoms with E-state index in [1.165, 1.54) is 4.90 Å². The average Bonchev–Trinajstić information content (AvgIpc) is 2.76. The molecule has 0 radical (unpaired) electrons. The Balaban J connectivity index is 1.69. The van der Waals surface area contributed by atoms with E-state index in [0.29, 0.717) is 18.5 Å². The van der Waals surface area contributed by atoms with Crippen LogP contribution in [0.25, 0.3) is 0 Å². The van der Waals surface area contributed by atoms with Crippen LogP contribution in [-0.4, -0.2) is 41.0 Å². The monoisotopic (exact) mass is 302 g/mol. The van der Waals surface area contributed by atoms with E-state index in [4.69, 9.17) is 10.4 Å². The summed E-state index contributed by atoms with van der Waals surface area (Å²) >= 11 is 0. The van der Waals surface area contributed by atoms with Gasteiger partial charge in [0.2, 0.25) is 0 Å². The van der Waals surface area contributed by atoms with E-state index in [1.807, 2.05) is 6.07 Å². The molecule has 0 unspecified atom stereocenters. The van der Waals surface area contributed by atoms with Crippen LogP contribution in [0, 0.1) is 0 Å². The zero-order chi connectivity index (χ0) is 15.6. The molecule has 3 heterocycles. The number of rotatable bonds is 4. The first-order valence-electron chi connectivity index (χ1n) is 7.50. The highest BCUT2D eigenvalue weighted by Crippen LogP contribution is 2.35. The molecular weight excluding hydrogens is 283 g/mol. The molecule has 2 aliphatic rings. The van der Waals surface area contributed by atoms with Crippen molar-refractivity contribution in [1.29, 1.82) is 0 Å². The lowest BCUT2D eigenvalue weighted by Crippen LogP contribution is -2.51. The summed E-state index contributed by atoms with van der Waals surface area (Å²) < 4.78 is 5.40. The SMILES string of the molecule is NCOB1CCC2(CC1)NC(=O)N(Cc1ccccn1)C2=O. The molecule has 3 amide bonds. The molecule has 0 aromatic carbocycles. The van der Waals surface area contributed by atoms with Crippen molar-refractivity contribution >= 4 is 18.9 Å². The molecular formula is C14H19BN4O3. The molecule has 0 saturated carbocycles. The summed E-state index contributed by atoms with van der Waals surface area (Å²) in [7, 11) is 0. The van der Waals surface area contributed by atoms with Crippen LogP contribution in [0.2, 0.25) is 12.6 Å². The Kier molecular flexibility index (Phi) is 4.13. The smallest absolute Gasteiger partial charge is 0.325 e. The van der Waals surface area contributed by atoms with Gasteiger partial charge in [0.1, 0.15) is 5.54 Å². The molecule has 1 aromatic heterocycles. The molecule has 1 aromatic rings. The van der Waals surface area contributed by atoms with Crippen LogP contribution < -0.4 is 11.1 Å². The Morgan fingerprint density at radius 1 is 1.36 bits per heavy atom. The Hall–Kier alpha value is -1.93. The van der Waals surface area contributed by atoms with Crippen molar-refractivity contribution in [2.24, 2.45) is 5.73 Å². The van der Waals surface area contributed by atoms with Gasteiger partial charge in [-0.1, -0.05) is 6.07 Å². The zero-order valence-corrected chi connectivity index (χ0v) is 12.3. The number of carbonyl (C=O) groups is 2. The van der Waals surface area contributed by atoms with Crippen molar-refractivity contribution in [3.63, 3.8) is 0 Å². The molecule has 0 bridgehead atoms. The number of urea groups is 1. The Morgan fingerprint density at radius 3 is 2.77 bits per heavy atom. The van der Waals surface area contributed by atoms with Gasteiger partial charge < -0.3 is 15.7 Å². The van der Waals surface area contributed by atoms with E-state index in [1.54, 1.807) is 18.3 Å². The van der Waals surface area contributed by atoms with Crippen molar-refractivity contribution in [3.05, 3.63) is 30.1 Å². The van der Waals surface area contributed by atoms with Gasteiger partial charge in [-0.05, 0) is 37.6 Å². The molecule has 1 spiro atoms. The van der Waals surface area contributed by atoms with Gasteiger partial charge in [-0.15, -0.1) is 0 Å². The van der Waals surface area contributed by atoms with Gasteiger partial charge >= 0.3 is 6.03 Å². The minimum Gasteiger partial charge on any atom is -0.424 e. The lowest BCUT2D eigenvalue weighted by atomic mass is 9.52. The normalized spacial score (nSPS) is 20.6. The molecule has 8 heteroatoms. The quantitative estimate of drug-likeness (QED) is 0.482. The van der Waals surface area contributed by atoms with Crippen molar-refractivity contribution in [1.82, 2.24) is 15.2 Å². The van der Waals surface area contributed by atoms with Crippen LogP contribution >= 0.6 is 0 Å². The summed E-state index contributed by atoms with van der Waals surface area (Å²) in [5, 5.41) is 2.87. The lowest BCUT2D eigenvalue weighted by Gasteiger charge is -2.33. The third kappa shape index (κ3) is 2.71. The molecule has 0 aliphatic carbocycles. The van der Waals surface area contributed by atoms with Gasteiger partial charge in [0.25, 0.3) is 12.8 Å². The molecule has 2 aliphatic heterocycles. The largest absolute Gasteiger partial charge is 0.424 e. The van der Waals surface area contributed by atoms with Crippen LogP contribution in [0.5, 0.6) is 0 Å². The number of hydrogen-bond donors (Lipinski definition) is 2. The maximum Gasteiger partial charge on any atom is 0.325 e. The summed E-state index contributed by atoms with van der Waals surface area (Å²) in [6, 6.07) is 5.10. The Morgan fingerprint density at radius 2 is 2.14 bits per heavy atom. The number of carbonyl (C=O) groups excluding carboxylic acids is 2. The van der Waals surface area contributed by atoms with Gasteiger partial charge in [0, 0.05) is 6.20 Å². The van der Waals surface area contributed by atoms with Crippen molar-refractivity contribution in [2.75, 3.05) is 6.73 Å². The van der Waals surface area contributed by atoms with Crippen LogP contribution in [0.15, 0.2) is 24.4 Å². The van der Waals surface area contributed by atoms with Crippen LogP contribution in [0.1, 0.15) is 18.5 Å². The fourth-order valence-corrected chi connectivity index (χ4v) is 3.20. The van der Waals surface area contributed by atoms with Gasteiger partial charge in [-0.2, -0.15) is 0 Å². The number of nitrogens with one attached hydrogen (secondary N) is 1. The summed E-state index contributed by atoms with van der Waals surface area (Å²) in [5.41, 5.74) is 5.31. The second kappa shape index (κ2) is 6.06. The maximum absolute atomic E-state index is 12.7. The topological polar surface area (TPSA) is 97.5 Å². The highest BCUT2D eigenvalue weighted by molar-refractivity contribution is 6.52. The fraction of sp³-hybridized carbons (Fsp3) is 0.500. The van der Waals surface area contributed by atoms with Crippen LogP contribution in [0.3, 0.4) is 0 Å². The maximum atomic E-state index is 12.7. The molecule has 116 valence electrons. The van der Waals surface area contributed by atoms with E-state index in [9.17, 15) is 9.59 Å². The van der Waals surface area contributed by atoms with Gasteiger partial charge in [0.05, 0.1) is 19.0 Å². The lowest BCUT2D eigenvalue weighted by molar-refractivity contribution is -0.132. The van der Waals surface area contributed by atoms with Gasteiger partial charge in [-0.25, -0.2) is 4.79 Å². The number of pyridine rings is 1. The minimum atomic E-state index is -0.777. The molecule has 7 nitrogen and oxygen atoms in total. The molecule has 0 atom stereocenters. The molecule has 2 saturated heterocycles. The number of nitrogens with zero attached hydrogens (tertiary/aromatic N) is 2. The van der Waals surface area contributed by atoms with Crippen molar-refractivity contribution in [2.45, 2.75) is 37.6 Å². The van der Waals surface area contributed by atoms with Crippen molar-refractivity contribution in [3.8, 4) is 0 Å². The number of imide groups is 1. The molecule has 3 N–H and O–H groups in total.